The molecule has 2 amide bonds. The van der Waals surface area contributed by atoms with Gasteiger partial charge in [-0.3, -0.25) is 19.1 Å². The van der Waals surface area contributed by atoms with Crippen LogP contribution >= 0.6 is 11.6 Å². The van der Waals surface area contributed by atoms with Gasteiger partial charge in [0.25, 0.3) is 5.91 Å². The summed E-state index contributed by atoms with van der Waals surface area (Å²) in [5.41, 5.74) is 0.803. The third kappa shape index (κ3) is 8.14. The zero-order valence-electron chi connectivity index (χ0n) is 25.0. The molecule has 0 radical (unpaired) electrons. The van der Waals surface area contributed by atoms with Gasteiger partial charge in [-0.2, -0.15) is 19.0 Å². The minimum atomic E-state index is -3.12. The number of hydrogen-bond acceptors (Lipinski definition) is 9. The molecule has 16 heteroatoms. The summed E-state index contributed by atoms with van der Waals surface area (Å²) >= 11 is 6.21. The monoisotopic (exact) mass is 658 g/mol. The van der Waals surface area contributed by atoms with E-state index in [1.165, 1.54) is 46.0 Å². The fraction of sp³-hybridized carbons (Fsp3) is 0.400. The molecule has 0 bridgehead atoms. The van der Waals surface area contributed by atoms with Crippen LogP contribution in [0.15, 0.2) is 49.1 Å². The molecule has 0 spiro atoms. The topological polar surface area (TPSA) is 145 Å². The van der Waals surface area contributed by atoms with Crippen molar-refractivity contribution in [2.45, 2.75) is 39.3 Å². The number of rotatable bonds is 13. The number of hydrogen-bond donors (Lipinski definition) is 2. The Bertz CT molecular complexity index is 1690. The van der Waals surface area contributed by atoms with E-state index >= 15 is 0 Å². The Morgan fingerprint density at radius 3 is 2.76 bits per heavy atom. The first kappa shape index (κ1) is 32.8. The van der Waals surface area contributed by atoms with Crippen LogP contribution in [0.4, 0.5) is 14.5 Å². The Hall–Kier alpha value is -4.63. The Kier molecular flexibility index (Phi) is 10.8. The van der Waals surface area contributed by atoms with E-state index in [4.69, 9.17) is 21.1 Å². The maximum absolute atomic E-state index is 13.3. The smallest absolute Gasteiger partial charge is 0.387 e. The number of alkyl halides is 2. The number of amides is 2. The molecule has 1 aromatic carbocycles. The van der Waals surface area contributed by atoms with Gasteiger partial charge in [0.2, 0.25) is 5.91 Å². The molecule has 0 unspecified atom stereocenters. The number of benzene rings is 1. The van der Waals surface area contributed by atoms with Gasteiger partial charge in [-0.15, -0.1) is 0 Å². The third-order valence-electron chi connectivity index (χ3n) is 7.46. The normalized spacial score (nSPS) is 13.7. The highest BCUT2D eigenvalue weighted by Crippen LogP contribution is 2.37. The quantitative estimate of drug-likeness (QED) is 0.161. The van der Waals surface area contributed by atoms with Gasteiger partial charge in [0.1, 0.15) is 23.6 Å². The van der Waals surface area contributed by atoms with Gasteiger partial charge in [-0.1, -0.05) is 11.6 Å². The fourth-order valence-corrected chi connectivity index (χ4v) is 5.38. The maximum Gasteiger partial charge on any atom is 0.387 e. The Morgan fingerprint density at radius 1 is 1.20 bits per heavy atom. The SMILES string of the molecule is CCOC(=O)CCNCC1CCN(C(=O)Cn2cc(NC(=O)c3cnn4cccnc34)c(-c3cc(Cl)ccc3OC(F)F)n2)CC1. The van der Waals surface area contributed by atoms with Crippen molar-refractivity contribution in [2.75, 3.05) is 38.1 Å². The van der Waals surface area contributed by atoms with Gasteiger partial charge >= 0.3 is 12.6 Å². The van der Waals surface area contributed by atoms with Crippen molar-refractivity contribution in [3.8, 4) is 17.0 Å². The van der Waals surface area contributed by atoms with E-state index in [2.05, 4.69) is 25.8 Å². The number of ether oxygens (including phenoxy) is 2. The maximum atomic E-state index is 13.3. The van der Waals surface area contributed by atoms with Crippen LogP contribution in [0.3, 0.4) is 0 Å². The van der Waals surface area contributed by atoms with Crippen LogP contribution in [0.5, 0.6) is 5.75 Å². The molecule has 5 rings (SSSR count). The Labute approximate surface area is 267 Å². The lowest BCUT2D eigenvalue weighted by Crippen LogP contribution is -2.42. The van der Waals surface area contributed by atoms with Gasteiger partial charge in [0, 0.05) is 48.8 Å². The molecule has 0 saturated carbocycles. The standard InChI is InChI=1S/C30H33ClF2N8O5/c1-2-45-26(43)6-10-34-15-19-7-12-39(13-8-19)25(42)18-40-17-23(37-29(44)22-16-36-41-11-3-9-35-28(22)41)27(38-40)21-14-20(31)4-5-24(21)46-30(32)33/h3-5,9,11,14,16-17,19,30,34H,2,6-8,10,12-13,15,18H2,1H3,(H,37,44). The number of esters is 1. The summed E-state index contributed by atoms with van der Waals surface area (Å²) in [6, 6.07) is 5.74. The van der Waals surface area contributed by atoms with Gasteiger partial charge < -0.3 is 25.0 Å². The summed E-state index contributed by atoms with van der Waals surface area (Å²) in [5.74, 6) is -0.850. The molecule has 1 aliphatic heterocycles. The molecule has 2 N–H and O–H groups in total. The van der Waals surface area contributed by atoms with Crippen molar-refractivity contribution < 1.29 is 32.6 Å². The van der Waals surface area contributed by atoms with Crippen molar-refractivity contribution in [3.05, 3.63) is 59.6 Å². The highest BCUT2D eigenvalue weighted by molar-refractivity contribution is 6.31. The minimum Gasteiger partial charge on any atom is -0.466 e. The molecule has 4 heterocycles. The highest BCUT2D eigenvalue weighted by Gasteiger charge is 2.26. The second-order valence-corrected chi connectivity index (χ2v) is 11.0. The number of nitrogens with one attached hydrogen (secondary N) is 2. The summed E-state index contributed by atoms with van der Waals surface area (Å²) in [6.07, 6.45) is 7.85. The second-order valence-electron chi connectivity index (χ2n) is 10.6. The molecule has 0 aliphatic carbocycles. The first-order valence-electron chi connectivity index (χ1n) is 14.8. The Morgan fingerprint density at radius 2 is 2.00 bits per heavy atom. The molecular formula is C30H33ClF2N8O5. The number of nitrogens with zero attached hydrogens (tertiary/aromatic N) is 6. The van der Waals surface area contributed by atoms with E-state index in [9.17, 15) is 23.2 Å². The van der Waals surface area contributed by atoms with Gasteiger partial charge in [0.05, 0.1) is 24.9 Å². The summed E-state index contributed by atoms with van der Waals surface area (Å²) in [5, 5.41) is 14.9. The van der Waals surface area contributed by atoms with Crippen molar-refractivity contribution in [1.29, 1.82) is 0 Å². The second kappa shape index (κ2) is 15.1. The summed E-state index contributed by atoms with van der Waals surface area (Å²) in [6.45, 7) is 1.20. The predicted octanol–water partition coefficient (Wildman–Crippen LogP) is 3.88. The van der Waals surface area contributed by atoms with E-state index in [-0.39, 0.29) is 51.7 Å². The number of halogens is 3. The molecule has 13 nitrogen and oxygen atoms in total. The number of fused-ring (bicyclic) bond motifs is 1. The molecule has 1 fully saturated rings. The molecule has 1 aliphatic rings. The summed E-state index contributed by atoms with van der Waals surface area (Å²) in [7, 11) is 0. The number of piperidine rings is 1. The lowest BCUT2D eigenvalue weighted by molar-refractivity contribution is -0.143. The molecule has 244 valence electrons. The van der Waals surface area contributed by atoms with Crippen LogP contribution in [0.1, 0.15) is 36.5 Å². The lowest BCUT2D eigenvalue weighted by Gasteiger charge is -2.32. The predicted molar refractivity (Wildman–Crippen MR) is 164 cm³/mol. The van der Waals surface area contributed by atoms with Crippen LogP contribution in [0.2, 0.25) is 5.02 Å². The third-order valence-corrected chi connectivity index (χ3v) is 7.69. The van der Waals surface area contributed by atoms with E-state index in [1.807, 2.05) is 0 Å². The van der Waals surface area contributed by atoms with Crippen LogP contribution in [-0.4, -0.2) is 86.5 Å². The molecule has 4 aromatic rings. The number of carbonyl (C=O) groups is 3. The van der Waals surface area contributed by atoms with E-state index in [0.717, 1.165) is 19.4 Å². The van der Waals surface area contributed by atoms with Crippen LogP contribution < -0.4 is 15.4 Å². The van der Waals surface area contributed by atoms with Gasteiger partial charge in [-0.25, -0.2) is 9.50 Å². The largest absolute Gasteiger partial charge is 0.466 e. The number of anilines is 1. The minimum absolute atomic E-state index is 0.0799. The molecular weight excluding hydrogens is 626 g/mol. The molecule has 0 atom stereocenters. The van der Waals surface area contributed by atoms with E-state index in [1.54, 1.807) is 24.1 Å². The van der Waals surface area contributed by atoms with Crippen molar-refractivity contribution in [1.82, 2.24) is 34.6 Å². The van der Waals surface area contributed by atoms with Crippen LogP contribution in [0, 0.1) is 5.92 Å². The average molecular weight is 659 g/mol. The van der Waals surface area contributed by atoms with E-state index in [0.29, 0.717) is 44.2 Å². The fourth-order valence-electron chi connectivity index (χ4n) is 5.21. The van der Waals surface area contributed by atoms with Crippen LogP contribution in [0.25, 0.3) is 16.9 Å². The van der Waals surface area contributed by atoms with Gasteiger partial charge in [0.15, 0.2) is 5.65 Å². The average Bonchev–Trinajstić information content (AvgIpc) is 3.64. The summed E-state index contributed by atoms with van der Waals surface area (Å²) in [4.78, 5) is 44.1. The van der Waals surface area contributed by atoms with Crippen molar-refractivity contribution >= 4 is 40.7 Å². The number of likely N-dealkylation sites (tertiary alicyclic amines) is 1. The first-order chi connectivity index (χ1) is 22.2. The zero-order valence-corrected chi connectivity index (χ0v) is 25.8. The van der Waals surface area contributed by atoms with Crippen LogP contribution in [-0.2, 0) is 20.9 Å². The lowest BCUT2D eigenvalue weighted by atomic mass is 9.96. The molecule has 3 aromatic heterocycles. The van der Waals surface area contributed by atoms with Gasteiger partial charge in [-0.05, 0) is 56.5 Å². The molecule has 1 saturated heterocycles. The highest BCUT2D eigenvalue weighted by atomic mass is 35.5. The first-order valence-corrected chi connectivity index (χ1v) is 15.2. The summed E-state index contributed by atoms with van der Waals surface area (Å²) < 4.78 is 39.0. The Balaban J connectivity index is 1.30. The van der Waals surface area contributed by atoms with Crippen molar-refractivity contribution in [3.63, 3.8) is 0 Å². The van der Waals surface area contributed by atoms with E-state index < -0.39 is 12.5 Å². The zero-order chi connectivity index (χ0) is 32.6. The number of aromatic nitrogens is 5. The van der Waals surface area contributed by atoms with Crippen molar-refractivity contribution in [2.24, 2.45) is 5.92 Å². The molecule has 46 heavy (non-hydrogen) atoms. The number of carbonyl (C=O) groups excluding carboxylic acids is 3.